The summed E-state index contributed by atoms with van der Waals surface area (Å²) in [6.45, 7) is 11.7. The molecule has 38 heavy (non-hydrogen) atoms. The molecule has 3 aromatic rings. The minimum atomic E-state index is -0.311. The van der Waals surface area contributed by atoms with Crippen LogP contribution in [0.15, 0.2) is 42.5 Å². The van der Waals surface area contributed by atoms with Gasteiger partial charge in [0.25, 0.3) is 5.91 Å². The van der Waals surface area contributed by atoms with Gasteiger partial charge >= 0.3 is 0 Å². The van der Waals surface area contributed by atoms with Crippen LogP contribution in [-0.2, 0) is 6.54 Å². The van der Waals surface area contributed by atoms with Gasteiger partial charge in [0.1, 0.15) is 23.1 Å². The average molecular weight is 524 g/mol. The highest BCUT2D eigenvalue weighted by molar-refractivity contribution is 5.95. The first kappa shape index (κ1) is 27.4. The molecule has 1 aliphatic rings. The number of halogens is 1. The first-order chi connectivity index (χ1) is 18.4. The fourth-order valence-corrected chi connectivity index (χ4v) is 4.95. The lowest BCUT2D eigenvalue weighted by Gasteiger charge is -2.36. The zero-order valence-corrected chi connectivity index (χ0v) is 23.0. The molecule has 204 valence electrons. The van der Waals surface area contributed by atoms with Crippen LogP contribution in [0.5, 0.6) is 11.5 Å². The van der Waals surface area contributed by atoms with E-state index < -0.39 is 0 Å². The number of hydrogen-bond acceptors (Lipinski definition) is 6. The second kappa shape index (κ2) is 12.3. The summed E-state index contributed by atoms with van der Waals surface area (Å²) in [4.78, 5) is 20.4. The third kappa shape index (κ3) is 5.93. The van der Waals surface area contributed by atoms with Gasteiger partial charge in [-0.2, -0.15) is 5.10 Å². The molecule has 0 unspecified atom stereocenters. The van der Waals surface area contributed by atoms with E-state index in [0.29, 0.717) is 35.8 Å². The lowest BCUT2D eigenvalue weighted by atomic mass is 10.1. The van der Waals surface area contributed by atoms with Crippen LogP contribution in [-0.4, -0.2) is 79.0 Å². The van der Waals surface area contributed by atoms with Crippen molar-refractivity contribution in [3.05, 3.63) is 65.1 Å². The Bertz CT molecular complexity index is 1230. The molecule has 0 aliphatic carbocycles. The third-order valence-corrected chi connectivity index (χ3v) is 7.06. The molecule has 2 aromatic carbocycles. The van der Waals surface area contributed by atoms with E-state index in [-0.39, 0.29) is 11.7 Å². The molecule has 1 amide bonds. The number of methoxy groups -OCH3 is 2. The summed E-state index contributed by atoms with van der Waals surface area (Å²) in [5.41, 5.74) is 2.95. The standard InChI is InChI=1S/C29H38FN5O3/c1-6-11-34(29(36)22-16-25(37-4)19-26(17-22)38-5)20-27-21(3)31-35(24-10-8-9-23(30)18-24)28(27)33-14-12-32(7-2)13-15-33/h8-10,16-19H,6-7,11-15,20H2,1-5H3. The van der Waals surface area contributed by atoms with Crippen molar-refractivity contribution >= 4 is 11.7 Å². The predicted octanol–water partition coefficient (Wildman–Crippen LogP) is 4.53. The molecule has 1 fully saturated rings. The molecule has 0 saturated carbocycles. The largest absolute Gasteiger partial charge is 0.497 e. The number of amides is 1. The summed E-state index contributed by atoms with van der Waals surface area (Å²) in [7, 11) is 3.14. The molecular formula is C29H38FN5O3. The molecule has 0 radical (unpaired) electrons. The zero-order chi connectivity index (χ0) is 27.2. The first-order valence-electron chi connectivity index (χ1n) is 13.2. The Balaban J connectivity index is 1.75. The summed E-state index contributed by atoms with van der Waals surface area (Å²) in [6, 6.07) is 11.7. The normalized spacial score (nSPS) is 14.0. The maximum Gasteiger partial charge on any atom is 0.254 e. The van der Waals surface area contributed by atoms with Gasteiger partial charge in [-0.1, -0.05) is 19.9 Å². The van der Waals surface area contributed by atoms with Crippen LogP contribution in [0.1, 0.15) is 41.9 Å². The highest BCUT2D eigenvalue weighted by Crippen LogP contribution is 2.31. The van der Waals surface area contributed by atoms with Gasteiger partial charge in [0.2, 0.25) is 0 Å². The lowest BCUT2D eigenvalue weighted by Crippen LogP contribution is -2.47. The Labute approximate surface area is 224 Å². The monoisotopic (exact) mass is 523 g/mol. The quantitative estimate of drug-likeness (QED) is 0.389. The van der Waals surface area contributed by atoms with Gasteiger partial charge < -0.3 is 24.2 Å². The van der Waals surface area contributed by atoms with Gasteiger partial charge in [-0.15, -0.1) is 0 Å². The molecule has 2 heterocycles. The van der Waals surface area contributed by atoms with Crippen LogP contribution in [0.4, 0.5) is 10.2 Å². The minimum Gasteiger partial charge on any atom is -0.497 e. The van der Waals surface area contributed by atoms with Crippen molar-refractivity contribution in [3.8, 4) is 17.2 Å². The van der Waals surface area contributed by atoms with Gasteiger partial charge in [0.15, 0.2) is 0 Å². The van der Waals surface area contributed by atoms with Crippen LogP contribution in [0.3, 0.4) is 0 Å². The Hall–Kier alpha value is -3.59. The van der Waals surface area contributed by atoms with Crippen molar-refractivity contribution in [2.45, 2.75) is 33.7 Å². The number of aromatic nitrogens is 2. The fourth-order valence-electron chi connectivity index (χ4n) is 4.95. The summed E-state index contributed by atoms with van der Waals surface area (Å²) in [5, 5.41) is 4.85. The Morgan fingerprint density at radius 1 is 1.03 bits per heavy atom. The van der Waals surface area contributed by atoms with Crippen LogP contribution in [0, 0.1) is 12.7 Å². The highest BCUT2D eigenvalue weighted by atomic mass is 19.1. The van der Waals surface area contributed by atoms with Crippen LogP contribution >= 0.6 is 0 Å². The SMILES string of the molecule is CCCN(Cc1c(C)nn(-c2cccc(F)c2)c1N1CCN(CC)CC1)C(=O)c1cc(OC)cc(OC)c1. The van der Waals surface area contributed by atoms with Crippen molar-refractivity contribution in [2.24, 2.45) is 0 Å². The van der Waals surface area contributed by atoms with Crippen molar-refractivity contribution < 1.29 is 18.7 Å². The first-order valence-corrected chi connectivity index (χ1v) is 13.2. The van der Waals surface area contributed by atoms with Gasteiger partial charge in [0.05, 0.1) is 32.1 Å². The number of ether oxygens (including phenoxy) is 2. The highest BCUT2D eigenvalue weighted by Gasteiger charge is 2.28. The van der Waals surface area contributed by atoms with E-state index in [4.69, 9.17) is 14.6 Å². The van der Waals surface area contributed by atoms with Gasteiger partial charge in [-0.05, 0) is 50.2 Å². The second-order valence-electron chi connectivity index (χ2n) is 9.53. The summed E-state index contributed by atoms with van der Waals surface area (Å²) < 4.78 is 26.9. The Morgan fingerprint density at radius 2 is 1.71 bits per heavy atom. The molecular weight excluding hydrogens is 485 g/mol. The van der Waals surface area contributed by atoms with Crippen molar-refractivity contribution in [1.82, 2.24) is 19.6 Å². The smallest absolute Gasteiger partial charge is 0.254 e. The van der Waals surface area contributed by atoms with E-state index in [9.17, 15) is 9.18 Å². The number of piperazine rings is 1. The maximum atomic E-state index is 14.2. The van der Waals surface area contributed by atoms with E-state index in [1.54, 1.807) is 38.5 Å². The van der Waals surface area contributed by atoms with Crippen LogP contribution in [0.25, 0.3) is 5.69 Å². The van der Waals surface area contributed by atoms with Crippen LogP contribution < -0.4 is 14.4 Å². The molecule has 1 aromatic heterocycles. The summed E-state index contributed by atoms with van der Waals surface area (Å²) in [6.07, 6.45) is 0.800. The van der Waals surface area contributed by atoms with E-state index in [1.165, 1.54) is 12.1 Å². The topological polar surface area (TPSA) is 63.1 Å². The predicted molar refractivity (Wildman–Crippen MR) is 147 cm³/mol. The van der Waals surface area contributed by atoms with Crippen molar-refractivity contribution in [3.63, 3.8) is 0 Å². The second-order valence-corrected chi connectivity index (χ2v) is 9.53. The molecule has 4 rings (SSSR count). The van der Waals surface area contributed by atoms with Gasteiger partial charge in [0, 0.05) is 49.9 Å². The number of anilines is 1. The maximum absolute atomic E-state index is 14.2. The molecule has 9 heteroatoms. The number of nitrogens with zero attached hydrogens (tertiary/aromatic N) is 5. The Kier molecular flexibility index (Phi) is 8.89. The zero-order valence-electron chi connectivity index (χ0n) is 23.0. The number of rotatable bonds is 10. The number of aryl methyl sites for hydroxylation is 1. The molecule has 1 aliphatic heterocycles. The lowest BCUT2D eigenvalue weighted by molar-refractivity contribution is 0.0742. The number of hydrogen-bond donors (Lipinski definition) is 0. The van der Waals surface area contributed by atoms with E-state index in [1.807, 2.05) is 22.6 Å². The average Bonchev–Trinajstić information content (AvgIpc) is 3.27. The molecule has 8 nitrogen and oxygen atoms in total. The molecule has 0 atom stereocenters. The van der Waals surface area contributed by atoms with Gasteiger partial charge in [-0.3, -0.25) is 4.79 Å². The molecule has 0 N–H and O–H groups in total. The number of likely N-dealkylation sites (N-methyl/N-ethyl adjacent to an activating group) is 1. The number of carbonyl (C=O) groups is 1. The summed E-state index contributed by atoms with van der Waals surface area (Å²) in [5.74, 6) is 1.63. The molecule has 1 saturated heterocycles. The number of carbonyl (C=O) groups excluding carboxylic acids is 1. The van der Waals surface area contributed by atoms with Gasteiger partial charge in [-0.25, -0.2) is 9.07 Å². The van der Waals surface area contributed by atoms with E-state index in [2.05, 4.69) is 23.6 Å². The molecule has 0 spiro atoms. The summed E-state index contributed by atoms with van der Waals surface area (Å²) >= 11 is 0. The third-order valence-electron chi connectivity index (χ3n) is 7.06. The van der Waals surface area contributed by atoms with E-state index in [0.717, 1.165) is 56.2 Å². The molecule has 0 bridgehead atoms. The van der Waals surface area contributed by atoms with Crippen molar-refractivity contribution in [2.75, 3.05) is 58.4 Å². The van der Waals surface area contributed by atoms with Crippen molar-refractivity contribution in [1.29, 1.82) is 0 Å². The minimum absolute atomic E-state index is 0.108. The fraction of sp³-hybridized carbons (Fsp3) is 0.448. The Morgan fingerprint density at radius 3 is 2.29 bits per heavy atom. The number of benzene rings is 2. The van der Waals surface area contributed by atoms with E-state index >= 15 is 0 Å². The van der Waals surface area contributed by atoms with Crippen LogP contribution in [0.2, 0.25) is 0 Å².